The molecular weight excluding hydrogens is 217 g/mol. The molecule has 0 bridgehead atoms. The molecule has 88 valence electrons. The number of hydrogen-bond acceptors (Lipinski definition) is 3. The second kappa shape index (κ2) is 4.88. The number of aliphatic imine (C=N–C) groups is 1. The number of aryl methyl sites for hydroxylation is 1. The standard InChI is InChI=1S/C13H14FN3/c1-3-8-17(13-15-6-7-16-13)12-9-11(14)5-4-10(12)2/h1,4-5,9H,6-8H2,2H3,(H,15,16). The van der Waals surface area contributed by atoms with E-state index in [9.17, 15) is 4.39 Å². The normalized spacial score (nSPS) is 13.8. The lowest BCUT2D eigenvalue weighted by Crippen LogP contribution is -2.39. The minimum Gasteiger partial charge on any atom is -0.354 e. The van der Waals surface area contributed by atoms with Gasteiger partial charge in [0.1, 0.15) is 5.82 Å². The lowest BCUT2D eigenvalue weighted by molar-refractivity contribution is 0.627. The molecule has 1 heterocycles. The number of nitrogens with one attached hydrogen (secondary N) is 1. The van der Waals surface area contributed by atoms with E-state index in [0.717, 1.165) is 30.3 Å². The molecule has 0 radical (unpaired) electrons. The Bertz CT molecular complexity index is 488. The van der Waals surface area contributed by atoms with E-state index >= 15 is 0 Å². The first-order valence-corrected chi connectivity index (χ1v) is 5.48. The summed E-state index contributed by atoms with van der Waals surface area (Å²) in [7, 11) is 0. The summed E-state index contributed by atoms with van der Waals surface area (Å²) in [4.78, 5) is 6.14. The van der Waals surface area contributed by atoms with E-state index < -0.39 is 0 Å². The molecule has 0 unspecified atom stereocenters. The molecule has 0 saturated carbocycles. The van der Waals surface area contributed by atoms with Crippen molar-refractivity contribution in [2.45, 2.75) is 6.92 Å². The van der Waals surface area contributed by atoms with Gasteiger partial charge in [-0.15, -0.1) is 6.42 Å². The van der Waals surface area contributed by atoms with Gasteiger partial charge >= 0.3 is 0 Å². The fourth-order valence-corrected chi connectivity index (χ4v) is 1.80. The second-order valence-corrected chi connectivity index (χ2v) is 3.85. The van der Waals surface area contributed by atoms with Gasteiger partial charge in [-0.1, -0.05) is 12.0 Å². The summed E-state index contributed by atoms with van der Waals surface area (Å²) in [6, 6.07) is 4.66. The lowest BCUT2D eigenvalue weighted by Gasteiger charge is -2.24. The smallest absolute Gasteiger partial charge is 0.199 e. The van der Waals surface area contributed by atoms with Gasteiger partial charge in [0.2, 0.25) is 0 Å². The molecule has 0 saturated heterocycles. The van der Waals surface area contributed by atoms with Crippen LogP contribution < -0.4 is 10.2 Å². The molecule has 0 amide bonds. The van der Waals surface area contributed by atoms with E-state index in [1.165, 1.54) is 12.1 Å². The van der Waals surface area contributed by atoms with E-state index in [4.69, 9.17) is 6.42 Å². The summed E-state index contributed by atoms with van der Waals surface area (Å²) in [5.74, 6) is 3.02. The Balaban J connectivity index is 2.38. The third kappa shape index (κ3) is 2.39. The number of nitrogens with zero attached hydrogens (tertiary/aromatic N) is 2. The largest absolute Gasteiger partial charge is 0.354 e. The maximum absolute atomic E-state index is 13.3. The van der Waals surface area contributed by atoms with Crippen LogP contribution >= 0.6 is 0 Å². The van der Waals surface area contributed by atoms with Gasteiger partial charge in [0.05, 0.1) is 18.8 Å². The van der Waals surface area contributed by atoms with Crippen molar-refractivity contribution in [1.82, 2.24) is 5.32 Å². The number of hydrogen-bond donors (Lipinski definition) is 1. The zero-order valence-corrected chi connectivity index (χ0v) is 9.70. The summed E-state index contributed by atoms with van der Waals surface area (Å²) in [6.07, 6.45) is 5.35. The third-order valence-electron chi connectivity index (χ3n) is 2.62. The van der Waals surface area contributed by atoms with E-state index in [-0.39, 0.29) is 5.82 Å². The zero-order chi connectivity index (χ0) is 12.3. The highest BCUT2D eigenvalue weighted by Gasteiger charge is 2.17. The summed E-state index contributed by atoms with van der Waals surface area (Å²) in [5, 5.41) is 3.14. The highest BCUT2D eigenvalue weighted by molar-refractivity contribution is 5.98. The first-order valence-electron chi connectivity index (χ1n) is 5.48. The van der Waals surface area contributed by atoms with Crippen LogP contribution in [0.4, 0.5) is 10.1 Å². The summed E-state index contributed by atoms with van der Waals surface area (Å²) >= 11 is 0. The fraction of sp³-hybridized carbons (Fsp3) is 0.308. The Morgan fingerprint density at radius 3 is 3.06 bits per heavy atom. The molecule has 1 aliphatic heterocycles. The minimum absolute atomic E-state index is 0.272. The number of benzene rings is 1. The van der Waals surface area contributed by atoms with Crippen LogP contribution in [0.15, 0.2) is 23.2 Å². The van der Waals surface area contributed by atoms with Crippen molar-refractivity contribution in [3.05, 3.63) is 29.6 Å². The van der Waals surface area contributed by atoms with Gasteiger partial charge in [0.15, 0.2) is 5.96 Å². The first-order chi connectivity index (χ1) is 8.22. The average Bonchev–Trinajstić information content (AvgIpc) is 2.83. The molecule has 0 fully saturated rings. The predicted molar refractivity (Wildman–Crippen MR) is 67.6 cm³/mol. The fourth-order valence-electron chi connectivity index (χ4n) is 1.80. The Kier molecular flexibility index (Phi) is 3.29. The predicted octanol–water partition coefficient (Wildman–Crippen LogP) is 1.53. The Morgan fingerprint density at radius 2 is 2.41 bits per heavy atom. The molecule has 4 heteroatoms. The van der Waals surface area contributed by atoms with E-state index in [2.05, 4.69) is 16.2 Å². The second-order valence-electron chi connectivity index (χ2n) is 3.85. The molecule has 1 aliphatic rings. The number of guanidine groups is 1. The zero-order valence-electron chi connectivity index (χ0n) is 9.70. The van der Waals surface area contributed by atoms with Crippen molar-refractivity contribution in [3.8, 4) is 12.3 Å². The number of rotatable bonds is 2. The van der Waals surface area contributed by atoms with Crippen molar-refractivity contribution in [2.24, 2.45) is 4.99 Å². The maximum atomic E-state index is 13.3. The molecule has 1 N–H and O–H groups in total. The molecular formula is C13H14FN3. The van der Waals surface area contributed by atoms with Gasteiger partial charge in [0, 0.05) is 6.54 Å². The van der Waals surface area contributed by atoms with Crippen LogP contribution in [0.2, 0.25) is 0 Å². The van der Waals surface area contributed by atoms with Gasteiger partial charge in [-0.05, 0) is 24.6 Å². The van der Waals surface area contributed by atoms with Crippen molar-refractivity contribution in [1.29, 1.82) is 0 Å². The molecule has 0 aliphatic carbocycles. The molecule has 2 rings (SSSR count). The molecule has 0 spiro atoms. The van der Waals surface area contributed by atoms with Crippen molar-refractivity contribution >= 4 is 11.6 Å². The molecule has 0 atom stereocenters. The van der Waals surface area contributed by atoms with Crippen LogP contribution in [-0.2, 0) is 0 Å². The summed E-state index contributed by atoms with van der Waals surface area (Å²) in [6.45, 7) is 3.82. The quantitative estimate of drug-likeness (QED) is 0.782. The third-order valence-corrected chi connectivity index (χ3v) is 2.62. The topological polar surface area (TPSA) is 27.6 Å². The molecule has 1 aromatic carbocycles. The van der Waals surface area contributed by atoms with Gasteiger partial charge in [-0.25, -0.2) is 4.39 Å². The number of halogens is 1. The van der Waals surface area contributed by atoms with Crippen LogP contribution in [0.25, 0.3) is 0 Å². The Morgan fingerprint density at radius 1 is 1.59 bits per heavy atom. The van der Waals surface area contributed by atoms with Crippen LogP contribution in [0.5, 0.6) is 0 Å². The Hall–Kier alpha value is -2.02. The van der Waals surface area contributed by atoms with Crippen molar-refractivity contribution in [2.75, 3.05) is 24.5 Å². The molecule has 1 aromatic rings. The highest BCUT2D eigenvalue weighted by atomic mass is 19.1. The summed E-state index contributed by atoms with van der Waals surface area (Å²) < 4.78 is 13.3. The molecule has 0 aromatic heterocycles. The van der Waals surface area contributed by atoms with Crippen molar-refractivity contribution < 1.29 is 4.39 Å². The molecule has 3 nitrogen and oxygen atoms in total. The highest BCUT2D eigenvalue weighted by Crippen LogP contribution is 2.21. The van der Waals surface area contributed by atoms with Crippen LogP contribution in [-0.4, -0.2) is 25.6 Å². The monoisotopic (exact) mass is 231 g/mol. The SMILES string of the molecule is C#CCN(C1=NCCN1)c1cc(F)ccc1C. The minimum atomic E-state index is -0.272. The van der Waals surface area contributed by atoms with Gasteiger partial charge < -0.3 is 10.2 Å². The van der Waals surface area contributed by atoms with Gasteiger partial charge in [0.25, 0.3) is 0 Å². The van der Waals surface area contributed by atoms with Crippen LogP contribution in [0.1, 0.15) is 5.56 Å². The van der Waals surface area contributed by atoms with Gasteiger partial charge in [-0.2, -0.15) is 0 Å². The lowest BCUT2D eigenvalue weighted by atomic mass is 10.2. The Labute approximate surface area is 100 Å². The number of terminal acetylenes is 1. The average molecular weight is 231 g/mol. The maximum Gasteiger partial charge on any atom is 0.199 e. The first kappa shape index (κ1) is 11.5. The van der Waals surface area contributed by atoms with E-state index in [0.29, 0.717) is 6.54 Å². The van der Waals surface area contributed by atoms with Crippen LogP contribution in [0.3, 0.4) is 0 Å². The van der Waals surface area contributed by atoms with Crippen LogP contribution in [0, 0.1) is 25.1 Å². The summed E-state index contributed by atoms with van der Waals surface area (Å²) in [5.41, 5.74) is 1.73. The number of anilines is 1. The van der Waals surface area contributed by atoms with Gasteiger partial charge in [-0.3, -0.25) is 4.99 Å². The van der Waals surface area contributed by atoms with Crippen molar-refractivity contribution in [3.63, 3.8) is 0 Å². The molecule has 17 heavy (non-hydrogen) atoms. The van der Waals surface area contributed by atoms with E-state index in [1.807, 2.05) is 11.8 Å². The van der Waals surface area contributed by atoms with E-state index in [1.54, 1.807) is 6.07 Å².